The number of aryl methyl sites for hydroxylation is 1. The lowest BCUT2D eigenvalue weighted by Gasteiger charge is -2.49. The van der Waals surface area contributed by atoms with Gasteiger partial charge in [0.1, 0.15) is 0 Å². The fraction of sp³-hybridized carbons (Fsp3) is 0.471. The van der Waals surface area contributed by atoms with Gasteiger partial charge >= 0.3 is 0 Å². The van der Waals surface area contributed by atoms with Crippen LogP contribution in [0.5, 0.6) is 0 Å². The van der Waals surface area contributed by atoms with Crippen LogP contribution in [-0.4, -0.2) is 27.3 Å². The van der Waals surface area contributed by atoms with E-state index >= 15 is 0 Å². The highest BCUT2D eigenvalue weighted by Crippen LogP contribution is 2.43. The average molecular weight is 321 g/mol. The summed E-state index contributed by atoms with van der Waals surface area (Å²) in [6, 6.07) is 2.85. The maximum absolute atomic E-state index is 13.6. The molecule has 2 aliphatic rings. The summed E-state index contributed by atoms with van der Waals surface area (Å²) in [6.45, 7) is 3.20. The Morgan fingerprint density at radius 2 is 1.91 bits per heavy atom. The van der Waals surface area contributed by atoms with Crippen LogP contribution in [0.25, 0.3) is 11.3 Å². The van der Waals surface area contributed by atoms with Crippen molar-refractivity contribution in [1.29, 1.82) is 0 Å². The molecule has 2 atom stereocenters. The van der Waals surface area contributed by atoms with Crippen LogP contribution in [0.3, 0.4) is 0 Å². The first-order chi connectivity index (χ1) is 11.0. The summed E-state index contributed by atoms with van der Waals surface area (Å²) < 4.78 is 42.2. The van der Waals surface area contributed by atoms with Gasteiger partial charge in [0, 0.05) is 30.8 Å². The Kier molecular flexibility index (Phi) is 3.27. The Morgan fingerprint density at radius 1 is 1.22 bits per heavy atom. The summed E-state index contributed by atoms with van der Waals surface area (Å²) in [5, 5.41) is 4.62. The second-order valence-corrected chi connectivity index (χ2v) is 6.40. The van der Waals surface area contributed by atoms with Crippen LogP contribution >= 0.6 is 0 Å². The van der Waals surface area contributed by atoms with Crippen molar-refractivity contribution in [2.45, 2.75) is 38.3 Å². The standard InChI is InChI=1S/C17H18F3N3/c1-3-14-16-11(8-10-4-5-23(10)14)17(22(2)21-16)9-6-12(18)15(20)13(19)7-9/h6-7,10,14H,3-5,8H2,1-2H3. The molecule has 1 saturated heterocycles. The highest BCUT2D eigenvalue weighted by molar-refractivity contribution is 5.66. The zero-order chi connectivity index (χ0) is 16.3. The largest absolute Gasteiger partial charge is 0.291 e. The third-order valence-electron chi connectivity index (χ3n) is 5.17. The van der Waals surface area contributed by atoms with E-state index in [1.807, 2.05) is 0 Å². The molecule has 23 heavy (non-hydrogen) atoms. The molecule has 2 aromatic rings. The quantitative estimate of drug-likeness (QED) is 0.788. The molecule has 0 bridgehead atoms. The SMILES string of the molecule is CCC1c2nn(C)c(-c3cc(F)c(F)c(F)c3)c2CC2CCN21. The van der Waals surface area contributed by atoms with E-state index in [0.29, 0.717) is 17.3 Å². The molecule has 1 fully saturated rings. The molecule has 122 valence electrons. The predicted molar refractivity (Wildman–Crippen MR) is 80.4 cm³/mol. The summed E-state index contributed by atoms with van der Waals surface area (Å²) in [6.07, 6.45) is 2.91. The van der Waals surface area contributed by atoms with E-state index in [0.717, 1.165) is 49.2 Å². The Balaban J connectivity index is 1.88. The number of rotatable bonds is 2. The number of hydrogen-bond acceptors (Lipinski definition) is 2. The van der Waals surface area contributed by atoms with Gasteiger partial charge in [-0.25, -0.2) is 13.2 Å². The molecule has 3 nitrogen and oxygen atoms in total. The van der Waals surface area contributed by atoms with Crippen LogP contribution in [0.1, 0.15) is 37.1 Å². The van der Waals surface area contributed by atoms with Gasteiger partial charge in [0.25, 0.3) is 0 Å². The lowest BCUT2D eigenvalue weighted by molar-refractivity contribution is 0.0246. The normalized spacial score (nSPS) is 23.3. The number of hydrogen-bond donors (Lipinski definition) is 0. The van der Waals surface area contributed by atoms with Gasteiger partial charge in [0.2, 0.25) is 0 Å². The van der Waals surface area contributed by atoms with Crippen molar-refractivity contribution in [2.75, 3.05) is 6.54 Å². The molecule has 0 spiro atoms. The van der Waals surface area contributed by atoms with Crippen molar-refractivity contribution < 1.29 is 13.2 Å². The first-order valence-electron chi connectivity index (χ1n) is 7.97. The molecular formula is C17H18F3N3. The van der Waals surface area contributed by atoms with Crippen LogP contribution in [0, 0.1) is 17.5 Å². The van der Waals surface area contributed by atoms with Gasteiger partial charge < -0.3 is 0 Å². The van der Waals surface area contributed by atoms with E-state index in [1.165, 1.54) is 0 Å². The second-order valence-electron chi connectivity index (χ2n) is 6.40. The molecule has 2 aliphatic heterocycles. The predicted octanol–water partition coefficient (Wildman–Crippen LogP) is 3.59. The fourth-order valence-electron chi connectivity index (χ4n) is 4.02. The molecule has 0 aliphatic carbocycles. The minimum atomic E-state index is -1.43. The van der Waals surface area contributed by atoms with Crippen LogP contribution in [0.4, 0.5) is 13.2 Å². The molecule has 0 N–H and O–H groups in total. The number of fused-ring (bicyclic) bond motifs is 2. The molecule has 3 heterocycles. The molecule has 1 aromatic heterocycles. The molecule has 0 saturated carbocycles. The van der Waals surface area contributed by atoms with Crippen molar-refractivity contribution in [2.24, 2.45) is 7.05 Å². The maximum Gasteiger partial charge on any atom is 0.194 e. The molecule has 6 heteroatoms. The maximum atomic E-state index is 13.6. The second kappa shape index (κ2) is 5.09. The van der Waals surface area contributed by atoms with Crippen LogP contribution in [-0.2, 0) is 13.5 Å². The van der Waals surface area contributed by atoms with Gasteiger partial charge in [-0.1, -0.05) is 6.92 Å². The van der Waals surface area contributed by atoms with Gasteiger partial charge in [-0.05, 0) is 31.4 Å². The zero-order valence-electron chi connectivity index (χ0n) is 13.1. The summed E-state index contributed by atoms with van der Waals surface area (Å²) in [5.74, 6) is -3.76. The number of aromatic nitrogens is 2. The van der Waals surface area contributed by atoms with E-state index in [2.05, 4.69) is 16.9 Å². The first kappa shape index (κ1) is 14.8. The van der Waals surface area contributed by atoms with Crippen molar-refractivity contribution in [3.63, 3.8) is 0 Å². The molecule has 0 radical (unpaired) electrons. The van der Waals surface area contributed by atoms with Crippen LogP contribution in [0.15, 0.2) is 12.1 Å². The van der Waals surface area contributed by atoms with E-state index < -0.39 is 17.5 Å². The summed E-state index contributed by atoms with van der Waals surface area (Å²) in [4.78, 5) is 2.45. The molecule has 4 rings (SSSR count). The Labute approximate surface area is 132 Å². The van der Waals surface area contributed by atoms with Crippen LogP contribution < -0.4 is 0 Å². The summed E-state index contributed by atoms with van der Waals surface area (Å²) in [7, 11) is 1.77. The van der Waals surface area contributed by atoms with Crippen molar-refractivity contribution >= 4 is 0 Å². The Bertz CT molecular complexity index is 761. The van der Waals surface area contributed by atoms with Crippen LogP contribution in [0.2, 0.25) is 0 Å². The van der Waals surface area contributed by atoms with Crippen molar-refractivity contribution in [3.05, 3.63) is 40.8 Å². The number of halogens is 3. The van der Waals surface area contributed by atoms with E-state index in [-0.39, 0.29) is 6.04 Å². The highest BCUT2D eigenvalue weighted by atomic mass is 19.2. The van der Waals surface area contributed by atoms with Gasteiger partial charge in [-0.2, -0.15) is 5.10 Å². The van der Waals surface area contributed by atoms with E-state index in [9.17, 15) is 13.2 Å². The number of nitrogens with zero attached hydrogens (tertiary/aromatic N) is 3. The van der Waals surface area contributed by atoms with Crippen molar-refractivity contribution in [1.82, 2.24) is 14.7 Å². The summed E-state index contributed by atoms with van der Waals surface area (Å²) >= 11 is 0. The van der Waals surface area contributed by atoms with Gasteiger partial charge in [0.05, 0.1) is 17.4 Å². The fourth-order valence-corrected chi connectivity index (χ4v) is 4.02. The van der Waals surface area contributed by atoms with Crippen molar-refractivity contribution in [3.8, 4) is 11.3 Å². The number of benzene rings is 1. The van der Waals surface area contributed by atoms with E-state index in [1.54, 1.807) is 11.7 Å². The Hall–Kier alpha value is -1.82. The molecule has 1 aromatic carbocycles. The Morgan fingerprint density at radius 3 is 2.48 bits per heavy atom. The lowest BCUT2D eigenvalue weighted by Crippen LogP contribution is -2.53. The minimum absolute atomic E-state index is 0.257. The molecule has 0 amide bonds. The first-order valence-corrected chi connectivity index (χ1v) is 7.97. The van der Waals surface area contributed by atoms with E-state index in [4.69, 9.17) is 0 Å². The highest BCUT2D eigenvalue weighted by Gasteiger charge is 2.42. The monoisotopic (exact) mass is 321 g/mol. The summed E-state index contributed by atoms with van der Waals surface area (Å²) in [5.41, 5.74) is 3.08. The van der Waals surface area contributed by atoms with Gasteiger partial charge in [-0.3, -0.25) is 9.58 Å². The zero-order valence-corrected chi connectivity index (χ0v) is 13.1. The third kappa shape index (κ3) is 2.04. The topological polar surface area (TPSA) is 21.1 Å². The van der Waals surface area contributed by atoms with Gasteiger partial charge in [0.15, 0.2) is 17.5 Å². The lowest BCUT2D eigenvalue weighted by atomic mass is 9.83. The third-order valence-corrected chi connectivity index (χ3v) is 5.17. The molecular weight excluding hydrogens is 303 g/mol. The smallest absolute Gasteiger partial charge is 0.194 e. The van der Waals surface area contributed by atoms with Gasteiger partial charge in [-0.15, -0.1) is 0 Å². The minimum Gasteiger partial charge on any atom is -0.291 e. The average Bonchev–Trinajstić information content (AvgIpc) is 2.82. The molecule has 2 unspecified atom stereocenters.